The van der Waals surface area contributed by atoms with Gasteiger partial charge in [-0.2, -0.15) is 5.26 Å². The van der Waals surface area contributed by atoms with Gasteiger partial charge in [-0.1, -0.05) is 0 Å². The van der Waals surface area contributed by atoms with Gasteiger partial charge in [0.2, 0.25) is 0 Å². The van der Waals surface area contributed by atoms with Gasteiger partial charge in [0.05, 0.1) is 11.1 Å². The van der Waals surface area contributed by atoms with Crippen LogP contribution in [0.25, 0.3) is 0 Å². The second-order valence-corrected chi connectivity index (χ2v) is 2.41. The predicted octanol–water partition coefficient (Wildman–Crippen LogP) is 0.997. The molecule has 1 N–H and O–H groups in total. The zero-order chi connectivity index (χ0) is 10.7. The SMILES string of the molecule is N#Cc1[nH]c(=O)c(C=O)cc1C(F)F. The van der Waals surface area contributed by atoms with Gasteiger partial charge in [0.1, 0.15) is 11.8 Å². The van der Waals surface area contributed by atoms with Crippen LogP contribution in [-0.4, -0.2) is 11.3 Å². The molecule has 0 aliphatic heterocycles. The Morgan fingerprint density at radius 2 is 2.21 bits per heavy atom. The summed E-state index contributed by atoms with van der Waals surface area (Å²) < 4.78 is 24.5. The fourth-order valence-corrected chi connectivity index (χ4v) is 0.915. The van der Waals surface area contributed by atoms with E-state index in [2.05, 4.69) is 0 Å². The van der Waals surface area contributed by atoms with E-state index in [1.165, 1.54) is 6.07 Å². The number of aromatic nitrogens is 1. The van der Waals surface area contributed by atoms with E-state index in [4.69, 9.17) is 5.26 Å². The lowest BCUT2D eigenvalue weighted by molar-refractivity contribution is 0.112. The van der Waals surface area contributed by atoms with Gasteiger partial charge in [0, 0.05) is 0 Å². The number of rotatable bonds is 2. The summed E-state index contributed by atoms with van der Waals surface area (Å²) in [4.78, 5) is 23.1. The maximum atomic E-state index is 12.3. The first-order valence-electron chi connectivity index (χ1n) is 3.50. The van der Waals surface area contributed by atoms with Crippen LogP contribution in [0.15, 0.2) is 10.9 Å². The molecule has 0 fully saturated rings. The van der Waals surface area contributed by atoms with Crippen molar-refractivity contribution in [3.63, 3.8) is 0 Å². The molecule has 0 atom stereocenters. The van der Waals surface area contributed by atoms with Gasteiger partial charge >= 0.3 is 0 Å². The van der Waals surface area contributed by atoms with Gasteiger partial charge in [-0.25, -0.2) is 8.78 Å². The molecule has 0 radical (unpaired) electrons. The van der Waals surface area contributed by atoms with Crippen LogP contribution in [0, 0.1) is 11.3 Å². The number of carbonyl (C=O) groups excluding carboxylic acids is 1. The molecule has 0 aliphatic carbocycles. The van der Waals surface area contributed by atoms with Gasteiger partial charge < -0.3 is 4.98 Å². The van der Waals surface area contributed by atoms with Crippen LogP contribution >= 0.6 is 0 Å². The maximum Gasteiger partial charge on any atom is 0.266 e. The number of nitriles is 1. The van der Waals surface area contributed by atoms with Crippen molar-refractivity contribution in [3.8, 4) is 6.07 Å². The predicted molar refractivity (Wildman–Crippen MR) is 42.1 cm³/mol. The van der Waals surface area contributed by atoms with Crippen LogP contribution < -0.4 is 5.56 Å². The van der Waals surface area contributed by atoms with Crippen LogP contribution in [0.1, 0.15) is 28.0 Å². The Kier molecular flexibility index (Phi) is 2.72. The van der Waals surface area contributed by atoms with Crippen molar-refractivity contribution in [2.75, 3.05) is 0 Å². The standard InChI is InChI=1S/C8H4F2N2O2/c9-7(10)5-1-4(3-13)8(14)12-6(5)2-11/h1,3,7H,(H,12,14). The van der Waals surface area contributed by atoms with Crippen molar-refractivity contribution >= 4 is 6.29 Å². The number of alkyl halides is 2. The summed E-state index contributed by atoms with van der Waals surface area (Å²) in [6.45, 7) is 0. The molecule has 0 saturated heterocycles. The van der Waals surface area contributed by atoms with E-state index in [9.17, 15) is 18.4 Å². The molecule has 6 heteroatoms. The van der Waals surface area contributed by atoms with Crippen molar-refractivity contribution in [1.29, 1.82) is 5.26 Å². The maximum absolute atomic E-state index is 12.3. The Hall–Kier alpha value is -2.03. The highest BCUT2D eigenvalue weighted by atomic mass is 19.3. The third kappa shape index (κ3) is 1.66. The first-order chi connectivity index (χ1) is 6.60. The minimum Gasteiger partial charge on any atom is -0.313 e. The Balaban J connectivity index is 3.50. The number of hydrogen-bond acceptors (Lipinski definition) is 3. The molecule has 0 aliphatic rings. The highest BCUT2D eigenvalue weighted by Gasteiger charge is 2.15. The second-order valence-electron chi connectivity index (χ2n) is 2.41. The number of nitrogens with one attached hydrogen (secondary N) is 1. The zero-order valence-electron chi connectivity index (χ0n) is 6.75. The molecule has 4 nitrogen and oxygen atoms in total. The van der Waals surface area contributed by atoms with Gasteiger partial charge in [-0.05, 0) is 6.07 Å². The van der Waals surface area contributed by atoms with E-state index in [0.717, 1.165) is 6.07 Å². The molecule has 1 rings (SSSR count). The number of nitrogens with zero attached hydrogens (tertiary/aromatic N) is 1. The number of pyridine rings is 1. The molecular weight excluding hydrogens is 194 g/mol. The zero-order valence-corrected chi connectivity index (χ0v) is 6.75. The summed E-state index contributed by atoms with van der Waals surface area (Å²) in [5, 5.41) is 8.41. The molecule has 72 valence electrons. The summed E-state index contributed by atoms with van der Waals surface area (Å²) in [6, 6.07) is 2.13. The fourth-order valence-electron chi connectivity index (χ4n) is 0.915. The topological polar surface area (TPSA) is 73.7 Å². The first-order valence-corrected chi connectivity index (χ1v) is 3.50. The smallest absolute Gasteiger partial charge is 0.266 e. The van der Waals surface area contributed by atoms with E-state index < -0.39 is 28.8 Å². The van der Waals surface area contributed by atoms with Crippen LogP contribution in [0.4, 0.5) is 8.78 Å². The molecule has 0 spiro atoms. The van der Waals surface area contributed by atoms with Crippen molar-refractivity contribution in [2.24, 2.45) is 0 Å². The van der Waals surface area contributed by atoms with E-state index >= 15 is 0 Å². The molecule has 1 aromatic rings. The van der Waals surface area contributed by atoms with Crippen molar-refractivity contribution in [3.05, 3.63) is 33.2 Å². The van der Waals surface area contributed by atoms with Gasteiger partial charge in [0.15, 0.2) is 6.29 Å². The van der Waals surface area contributed by atoms with Crippen LogP contribution in [0.3, 0.4) is 0 Å². The van der Waals surface area contributed by atoms with Crippen LogP contribution in [0.2, 0.25) is 0 Å². The molecule has 0 unspecified atom stereocenters. The highest BCUT2D eigenvalue weighted by molar-refractivity contribution is 5.74. The molecule has 0 aromatic carbocycles. The lowest BCUT2D eigenvalue weighted by Crippen LogP contribution is -2.15. The molecule has 1 aromatic heterocycles. The van der Waals surface area contributed by atoms with Gasteiger partial charge in [0.25, 0.3) is 12.0 Å². The van der Waals surface area contributed by atoms with E-state index in [-0.39, 0.29) is 6.29 Å². The number of aldehydes is 1. The minimum absolute atomic E-state index is 0.159. The average Bonchev–Trinajstić information content (AvgIpc) is 2.16. The Labute approximate surface area is 76.8 Å². The van der Waals surface area contributed by atoms with Gasteiger partial charge in [-0.3, -0.25) is 9.59 Å². The third-order valence-electron chi connectivity index (χ3n) is 1.57. The van der Waals surface area contributed by atoms with E-state index in [1.54, 1.807) is 0 Å². The quantitative estimate of drug-likeness (QED) is 0.720. The number of aromatic amines is 1. The normalized spacial score (nSPS) is 9.86. The Morgan fingerprint density at radius 3 is 2.64 bits per heavy atom. The van der Waals surface area contributed by atoms with Crippen LogP contribution in [0.5, 0.6) is 0 Å². The molecule has 0 saturated carbocycles. The summed E-state index contributed by atoms with van der Waals surface area (Å²) in [5.41, 5.74) is -2.43. The lowest BCUT2D eigenvalue weighted by atomic mass is 10.1. The average molecular weight is 198 g/mol. The van der Waals surface area contributed by atoms with Crippen molar-refractivity contribution in [1.82, 2.24) is 4.98 Å². The number of carbonyl (C=O) groups is 1. The van der Waals surface area contributed by atoms with E-state index in [0.29, 0.717) is 0 Å². The first kappa shape index (κ1) is 10.1. The minimum atomic E-state index is -2.90. The number of halogens is 2. The summed E-state index contributed by atoms with van der Waals surface area (Å²) in [5.74, 6) is 0. The second kappa shape index (κ2) is 3.79. The molecule has 14 heavy (non-hydrogen) atoms. The summed E-state index contributed by atoms with van der Waals surface area (Å²) in [7, 11) is 0. The molecule has 0 amide bonds. The highest BCUT2D eigenvalue weighted by Crippen LogP contribution is 2.20. The Morgan fingerprint density at radius 1 is 1.57 bits per heavy atom. The fraction of sp³-hybridized carbons (Fsp3) is 0.125. The number of hydrogen-bond donors (Lipinski definition) is 1. The van der Waals surface area contributed by atoms with Gasteiger partial charge in [-0.15, -0.1) is 0 Å². The molecule has 1 heterocycles. The Bertz CT molecular complexity index is 459. The molecule has 0 bridgehead atoms. The summed E-state index contributed by atoms with van der Waals surface area (Å²) >= 11 is 0. The lowest BCUT2D eigenvalue weighted by Gasteiger charge is -2.01. The van der Waals surface area contributed by atoms with Crippen LogP contribution in [-0.2, 0) is 0 Å². The largest absolute Gasteiger partial charge is 0.313 e. The summed E-state index contributed by atoms with van der Waals surface area (Å²) in [6.07, 6.45) is -2.74. The third-order valence-corrected chi connectivity index (χ3v) is 1.57. The number of H-pyrrole nitrogens is 1. The van der Waals surface area contributed by atoms with E-state index in [1.807, 2.05) is 4.98 Å². The molecular formula is C8H4F2N2O2. The van der Waals surface area contributed by atoms with Crippen molar-refractivity contribution in [2.45, 2.75) is 6.43 Å². The van der Waals surface area contributed by atoms with Crippen molar-refractivity contribution < 1.29 is 13.6 Å². The monoisotopic (exact) mass is 198 g/mol.